The number of ether oxygens (including phenoxy) is 3. The van der Waals surface area contributed by atoms with Gasteiger partial charge in [0.2, 0.25) is 11.8 Å². The van der Waals surface area contributed by atoms with Gasteiger partial charge in [-0.1, -0.05) is 65.5 Å². The van der Waals surface area contributed by atoms with E-state index in [0.717, 1.165) is 48.9 Å². The van der Waals surface area contributed by atoms with Crippen molar-refractivity contribution in [2.75, 3.05) is 26.3 Å². The topological polar surface area (TPSA) is 94.2 Å². The molecule has 290 valence electrons. The molecule has 8 atom stereocenters. The van der Waals surface area contributed by atoms with Gasteiger partial charge < -0.3 is 19.5 Å². The van der Waals surface area contributed by atoms with Crippen LogP contribution in [-0.2, 0) is 23.8 Å². The highest BCUT2D eigenvalue weighted by molar-refractivity contribution is 6.03. The Labute approximate surface area is 309 Å². The van der Waals surface area contributed by atoms with Crippen molar-refractivity contribution in [3.05, 3.63) is 11.6 Å². The number of hydrogen-bond acceptors (Lipinski definition) is 6. The van der Waals surface area contributed by atoms with Crippen molar-refractivity contribution in [2.24, 2.45) is 46.3 Å². The molecular formula is C43H72N2O6. The molecule has 3 saturated carbocycles. The minimum atomic E-state index is -0.570. The largest absolute Gasteiger partial charge is 0.446 e. The molecule has 1 N–H and O–H groups in total. The number of nitrogens with one attached hydrogen (secondary N) is 1. The molecule has 51 heavy (non-hydrogen) atoms. The molecule has 5 aliphatic rings. The van der Waals surface area contributed by atoms with Crippen molar-refractivity contribution in [2.45, 2.75) is 170 Å². The Morgan fingerprint density at radius 2 is 1.75 bits per heavy atom. The van der Waals surface area contributed by atoms with Crippen LogP contribution in [0.3, 0.4) is 0 Å². The van der Waals surface area contributed by atoms with Gasteiger partial charge in [0, 0.05) is 31.8 Å². The lowest BCUT2D eigenvalue weighted by Crippen LogP contribution is -2.50. The van der Waals surface area contributed by atoms with Gasteiger partial charge >= 0.3 is 6.09 Å². The van der Waals surface area contributed by atoms with Crippen LogP contribution < -0.4 is 5.32 Å². The van der Waals surface area contributed by atoms with Crippen LogP contribution in [0.25, 0.3) is 0 Å². The smallest absolute Gasteiger partial charge is 0.407 e. The molecule has 0 radical (unpaired) electrons. The van der Waals surface area contributed by atoms with E-state index < -0.39 is 11.2 Å². The maximum absolute atomic E-state index is 12.8. The molecule has 1 heterocycles. The molecule has 1 saturated heterocycles. The first-order chi connectivity index (χ1) is 23.9. The van der Waals surface area contributed by atoms with Crippen LogP contribution in [0.5, 0.6) is 0 Å². The quantitative estimate of drug-likeness (QED) is 0.0975. The molecule has 1 aliphatic heterocycles. The second-order valence-electron chi connectivity index (χ2n) is 19.3. The summed E-state index contributed by atoms with van der Waals surface area (Å²) >= 11 is 0. The lowest BCUT2D eigenvalue weighted by atomic mass is 9.47. The van der Waals surface area contributed by atoms with Gasteiger partial charge in [-0.25, -0.2) is 4.79 Å². The molecule has 8 nitrogen and oxygen atoms in total. The first-order valence-electron chi connectivity index (χ1n) is 20.7. The fraction of sp³-hybridized carbons (Fsp3) is 0.884. The van der Waals surface area contributed by atoms with Gasteiger partial charge in [-0.2, -0.15) is 0 Å². The average molecular weight is 713 g/mol. The van der Waals surface area contributed by atoms with Gasteiger partial charge in [-0.15, -0.1) is 0 Å². The zero-order valence-corrected chi connectivity index (χ0v) is 33.7. The summed E-state index contributed by atoms with van der Waals surface area (Å²) < 4.78 is 18.2. The van der Waals surface area contributed by atoms with E-state index in [1.807, 2.05) is 27.7 Å². The predicted molar refractivity (Wildman–Crippen MR) is 202 cm³/mol. The fourth-order valence-electron chi connectivity index (χ4n) is 10.9. The monoisotopic (exact) mass is 713 g/mol. The Morgan fingerprint density at radius 1 is 0.980 bits per heavy atom. The maximum atomic E-state index is 12.8. The maximum Gasteiger partial charge on any atom is 0.407 e. The lowest BCUT2D eigenvalue weighted by molar-refractivity contribution is -0.142. The Bertz CT molecular complexity index is 1270. The second-order valence-corrected chi connectivity index (χ2v) is 19.3. The van der Waals surface area contributed by atoms with Crippen LogP contribution in [-0.4, -0.2) is 66.4 Å². The van der Waals surface area contributed by atoms with Gasteiger partial charge in [0.1, 0.15) is 6.10 Å². The van der Waals surface area contributed by atoms with Crippen molar-refractivity contribution in [3.63, 3.8) is 0 Å². The first kappa shape index (κ1) is 40.3. The Morgan fingerprint density at radius 3 is 2.45 bits per heavy atom. The molecule has 5 rings (SSSR count). The van der Waals surface area contributed by atoms with Crippen molar-refractivity contribution in [3.8, 4) is 0 Å². The molecule has 4 fully saturated rings. The number of amides is 3. The fourth-order valence-corrected chi connectivity index (χ4v) is 10.9. The molecule has 8 unspecified atom stereocenters. The Hall–Kier alpha value is -1.93. The van der Waals surface area contributed by atoms with Crippen LogP contribution in [0.1, 0.15) is 152 Å². The van der Waals surface area contributed by atoms with E-state index in [9.17, 15) is 14.4 Å². The number of carbonyl (C=O) groups is 3. The van der Waals surface area contributed by atoms with Crippen molar-refractivity contribution in [1.82, 2.24) is 10.2 Å². The van der Waals surface area contributed by atoms with E-state index in [1.165, 1.54) is 62.7 Å². The predicted octanol–water partition coefficient (Wildman–Crippen LogP) is 9.25. The van der Waals surface area contributed by atoms with Gasteiger partial charge in [0.25, 0.3) is 0 Å². The number of carbonyl (C=O) groups excluding carboxylic acids is 3. The summed E-state index contributed by atoms with van der Waals surface area (Å²) in [4.78, 5) is 38.6. The zero-order chi connectivity index (χ0) is 37.2. The summed E-state index contributed by atoms with van der Waals surface area (Å²) in [6.07, 6.45) is 18.3. The van der Waals surface area contributed by atoms with E-state index in [0.29, 0.717) is 44.6 Å². The van der Waals surface area contributed by atoms with Crippen LogP contribution >= 0.6 is 0 Å². The first-order valence-corrected chi connectivity index (χ1v) is 20.7. The molecule has 0 bridgehead atoms. The summed E-state index contributed by atoms with van der Waals surface area (Å²) in [7, 11) is 0. The minimum Gasteiger partial charge on any atom is -0.446 e. The van der Waals surface area contributed by atoms with Gasteiger partial charge in [-0.05, 0) is 126 Å². The van der Waals surface area contributed by atoms with Crippen molar-refractivity contribution >= 4 is 17.9 Å². The van der Waals surface area contributed by atoms with E-state index in [4.69, 9.17) is 14.2 Å². The molecule has 0 aromatic carbocycles. The summed E-state index contributed by atoms with van der Waals surface area (Å²) in [5.74, 6) is 3.75. The molecule has 0 aromatic rings. The van der Waals surface area contributed by atoms with Gasteiger partial charge in [0.05, 0.1) is 24.4 Å². The molecule has 4 aliphatic carbocycles. The second kappa shape index (κ2) is 16.2. The van der Waals surface area contributed by atoms with E-state index >= 15 is 0 Å². The highest BCUT2D eigenvalue weighted by Gasteiger charge is 2.58. The third kappa shape index (κ3) is 9.42. The standard InChI is InChI=1S/C43H72N2O6/c1-29(2)12-10-11-13-31-15-17-35-34-16-14-32-27-33(18-20-43(32,9)36(34)19-21-42(31,35)8)51-39(48)44-23-25-49-41(6,7)28-50-40(4,5)22-24-45-37(46)26-30(3)38(45)47/h14,29-31,33-36H,10-13,15-28H2,1-9H3,(H,44,48). The number of likely N-dealkylation sites (tertiary alicyclic amines) is 1. The molecule has 3 amide bonds. The number of allylic oxidation sites excluding steroid dienone is 1. The summed E-state index contributed by atoms with van der Waals surface area (Å²) in [6, 6.07) is 0. The summed E-state index contributed by atoms with van der Waals surface area (Å²) in [6.45, 7) is 21.0. The van der Waals surface area contributed by atoms with Gasteiger partial charge in [0.15, 0.2) is 0 Å². The van der Waals surface area contributed by atoms with E-state index in [1.54, 1.807) is 12.5 Å². The third-order valence-corrected chi connectivity index (χ3v) is 14.2. The zero-order valence-electron chi connectivity index (χ0n) is 33.7. The average Bonchev–Trinajstić information content (AvgIpc) is 3.52. The highest BCUT2D eigenvalue weighted by atomic mass is 16.6. The molecule has 8 heteroatoms. The number of alkyl carbamates (subject to hydrolysis) is 1. The van der Waals surface area contributed by atoms with Crippen LogP contribution in [0, 0.1) is 46.3 Å². The van der Waals surface area contributed by atoms with Crippen LogP contribution in [0.15, 0.2) is 11.6 Å². The van der Waals surface area contributed by atoms with E-state index in [-0.39, 0.29) is 35.3 Å². The minimum absolute atomic E-state index is 0.0706. The Balaban J connectivity index is 1.01. The van der Waals surface area contributed by atoms with Crippen molar-refractivity contribution in [1.29, 1.82) is 0 Å². The molecule has 0 aromatic heterocycles. The SMILES string of the molecule is CC(C)CCCCC1CCC2C3CC=C4CC(OC(=O)NCCOC(C)(C)COC(C)(C)CCN5C(=O)CC(C)C5=O)CCC4(C)C3CCC12C. The van der Waals surface area contributed by atoms with Gasteiger partial charge in [-0.3, -0.25) is 14.5 Å². The Kier molecular flexibility index (Phi) is 12.8. The lowest BCUT2D eigenvalue weighted by Gasteiger charge is -2.58. The number of imide groups is 1. The number of unbranched alkanes of at least 4 members (excludes halogenated alkanes) is 1. The summed E-state index contributed by atoms with van der Waals surface area (Å²) in [5.41, 5.74) is 1.22. The molecular weight excluding hydrogens is 640 g/mol. The number of hydrogen-bond donors (Lipinski definition) is 1. The number of rotatable bonds is 16. The normalized spacial score (nSPS) is 33.9. The summed E-state index contributed by atoms with van der Waals surface area (Å²) in [5, 5.41) is 2.91. The molecule has 0 spiro atoms. The highest BCUT2D eigenvalue weighted by Crippen LogP contribution is 2.66. The van der Waals surface area contributed by atoms with Crippen molar-refractivity contribution < 1.29 is 28.6 Å². The van der Waals surface area contributed by atoms with Crippen LogP contribution in [0.4, 0.5) is 4.79 Å². The van der Waals surface area contributed by atoms with E-state index in [2.05, 4.69) is 39.1 Å². The third-order valence-electron chi connectivity index (χ3n) is 14.2. The van der Waals surface area contributed by atoms with Crippen LogP contribution in [0.2, 0.25) is 0 Å². The number of fused-ring (bicyclic) bond motifs is 5. The number of nitrogens with zero attached hydrogens (tertiary/aromatic N) is 1.